The molecule has 2 atom stereocenters. The second kappa shape index (κ2) is 7.80. The van der Waals surface area contributed by atoms with E-state index in [1.165, 1.54) is 5.56 Å². The Morgan fingerprint density at radius 1 is 1.22 bits per heavy atom. The van der Waals surface area contributed by atoms with Crippen molar-refractivity contribution in [2.24, 2.45) is 5.92 Å². The average Bonchev–Trinajstić information content (AvgIpc) is 3.05. The van der Waals surface area contributed by atoms with Crippen molar-refractivity contribution < 1.29 is 9.59 Å². The molecule has 5 nitrogen and oxygen atoms in total. The predicted molar refractivity (Wildman–Crippen MR) is 106 cm³/mol. The van der Waals surface area contributed by atoms with Gasteiger partial charge in [0.2, 0.25) is 5.91 Å². The summed E-state index contributed by atoms with van der Waals surface area (Å²) in [6, 6.07) is 8.02. The Labute approximate surface area is 164 Å². The highest BCUT2D eigenvalue weighted by molar-refractivity contribution is 7.07. The lowest BCUT2D eigenvalue weighted by Crippen LogP contribution is -2.47. The summed E-state index contributed by atoms with van der Waals surface area (Å²) in [5.41, 5.74) is 4.71. The molecular weight excluding hydrogens is 358 g/mol. The molecule has 142 valence electrons. The number of aromatic nitrogens is 1. The number of thiazole rings is 1. The molecule has 1 aromatic heterocycles. The molecule has 0 aliphatic carbocycles. The maximum Gasteiger partial charge on any atom is 0.253 e. The van der Waals surface area contributed by atoms with Gasteiger partial charge in [-0.05, 0) is 37.0 Å². The fourth-order valence-electron chi connectivity index (χ4n) is 4.19. The molecular formula is C21H25N3O2S. The Balaban J connectivity index is 1.50. The van der Waals surface area contributed by atoms with E-state index in [-0.39, 0.29) is 23.8 Å². The molecule has 2 amide bonds. The minimum absolute atomic E-state index is 0.0401. The number of rotatable bonds is 5. The van der Waals surface area contributed by atoms with E-state index >= 15 is 0 Å². The molecule has 4 heterocycles. The second-order valence-corrected chi connectivity index (χ2v) is 8.25. The van der Waals surface area contributed by atoms with Crippen LogP contribution in [0.2, 0.25) is 0 Å². The summed E-state index contributed by atoms with van der Waals surface area (Å²) >= 11 is 1.55. The van der Waals surface area contributed by atoms with Crippen LogP contribution in [0.25, 0.3) is 0 Å². The van der Waals surface area contributed by atoms with Crippen LogP contribution in [0.3, 0.4) is 0 Å². The summed E-state index contributed by atoms with van der Waals surface area (Å²) in [7, 11) is 0. The van der Waals surface area contributed by atoms with Crippen molar-refractivity contribution in [3.63, 3.8) is 0 Å². The SMILES string of the molecule is CCCc1ccc(C(=O)N2CC3CCC(C2)N(Cc2cscn2)C3=O)cc1. The number of nitrogens with zero attached hydrogens (tertiary/aromatic N) is 3. The molecule has 3 fully saturated rings. The molecule has 2 bridgehead atoms. The summed E-state index contributed by atoms with van der Waals surface area (Å²) in [5, 5.41) is 1.99. The molecule has 3 saturated heterocycles. The zero-order chi connectivity index (χ0) is 18.8. The minimum Gasteiger partial charge on any atom is -0.336 e. The fourth-order valence-corrected chi connectivity index (χ4v) is 4.74. The average molecular weight is 384 g/mol. The number of aryl methyl sites for hydroxylation is 1. The van der Waals surface area contributed by atoms with Gasteiger partial charge in [0, 0.05) is 30.1 Å². The highest BCUT2D eigenvalue weighted by Gasteiger charge is 2.42. The Bertz CT molecular complexity index is 803. The number of amides is 2. The lowest BCUT2D eigenvalue weighted by Gasteiger charge is -2.35. The maximum atomic E-state index is 13.1. The third-order valence-electron chi connectivity index (χ3n) is 5.64. The summed E-state index contributed by atoms with van der Waals surface area (Å²) in [5.74, 6) is 0.122. The van der Waals surface area contributed by atoms with Crippen molar-refractivity contribution in [2.45, 2.75) is 45.2 Å². The monoisotopic (exact) mass is 383 g/mol. The maximum absolute atomic E-state index is 13.1. The number of hydrogen-bond acceptors (Lipinski definition) is 4. The molecule has 2 aromatic rings. The predicted octanol–water partition coefficient (Wildman–Crippen LogP) is 3.36. The van der Waals surface area contributed by atoms with E-state index in [1.807, 2.05) is 39.4 Å². The van der Waals surface area contributed by atoms with Crippen LogP contribution in [0.5, 0.6) is 0 Å². The normalized spacial score (nSPS) is 22.2. The van der Waals surface area contributed by atoms with E-state index in [1.54, 1.807) is 16.8 Å². The largest absolute Gasteiger partial charge is 0.336 e. The summed E-state index contributed by atoms with van der Waals surface area (Å²) in [4.78, 5) is 34.1. The second-order valence-electron chi connectivity index (χ2n) is 7.53. The van der Waals surface area contributed by atoms with Crippen LogP contribution in [0, 0.1) is 5.92 Å². The van der Waals surface area contributed by atoms with Crippen LogP contribution in [-0.4, -0.2) is 45.7 Å². The first kappa shape index (κ1) is 18.2. The molecule has 6 heteroatoms. The van der Waals surface area contributed by atoms with Crippen molar-refractivity contribution in [3.05, 3.63) is 52.0 Å². The van der Waals surface area contributed by atoms with Gasteiger partial charge >= 0.3 is 0 Å². The molecule has 3 aliphatic heterocycles. The van der Waals surface area contributed by atoms with Gasteiger partial charge < -0.3 is 9.80 Å². The van der Waals surface area contributed by atoms with Crippen molar-refractivity contribution in [1.82, 2.24) is 14.8 Å². The van der Waals surface area contributed by atoms with Crippen molar-refractivity contribution in [2.75, 3.05) is 13.1 Å². The van der Waals surface area contributed by atoms with Gasteiger partial charge in [0.1, 0.15) is 0 Å². The van der Waals surface area contributed by atoms with Gasteiger partial charge in [-0.1, -0.05) is 25.5 Å². The minimum atomic E-state index is -0.0919. The molecule has 0 N–H and O–H groups in total. The number of hydrogen-bond donors (Lipinski definition) is 0. The number of carbonyl (C=O) groups excluding carboxylic acids is 2. The van der Waals surface area contributed by atoms with Crippen LogP contribution in [0.1, 0.15) is 47.8 Å². The Morgan fingerprint density at radius 3 is 2.74 bits per heavy atom. The van der Waals surface area contributed by atoms with Gasteiger partial charge in [-0.25, -0.2) is 4.98 Å². The molecule has 5 rings (SSSR count). The lowest BCUT2D eigenvalue weighted by molar-refractivity contribution is -0.140. The number of fused-ring (bicyclic) bond motifs is 4. The zero-order valence-electron chi connectivity index (χ0n) is 15.6. The van der Waals surface area contributed by atoms with Crippen LogP contribution in [0.4, 0.5) is 0 Å². The topological polar surface area (TPSA) is 53.5 Å². The molecule has 1 aromatic carbocycles. The van der Waals surface area contributed by atoms with Gasteiger partial charge in [0.25, 0.3) is 5.91 Å². The smallest absolute Gasteiger partial charge is 0.253 e. The van der Waals surface area contributed by atoms with Gasteiger partial charge in [-0.3, -0.25) is 9.59 Å². The summed E-state index contributed by atoms with van der Waals surface area (Å²) < 4.78 is 0. The quantitative estimate of drug-likeness (QED) is 0.796. The van der Waals surface area contributed by atoms with Crippen LogP contribution in [0.15, 0.2) is 35.2 Å². The van der Waals surface area contributed by atoms with Crippen LogP contribution < -0.4 is 0 Å². The standard InChI is InChI=1S/C21H25N3O2S/c1-2-3-15-4-6-16(7-5-15)20(25)23-10-17-8-9-19(12-23)24(21(17)26)11-18-13-27-14-22-18/h4-7,13-14,17,19H,2-3,8-12H2,1H3. The van der Waals surface area contributed by atoms with Gasteiger partial charge in [-0.2, -0.15) is 0 Å². The zero-order valence-corrected chi connectivity index (χ0v) is 16.5. The molecule has 0 saturated carbocycles. The van der Waals surface area contributed by atoms with Gasteiger partial charge in [0.05, 0.1) is 23.7 Å². The number of carbonyl (C=O) groups is 2. The van der Waals surface area contributed by atoms with Crippen LogP contribution >= 0.6 is 11.3 Å². The molecule has 3 aliphatic rings. The molecule has 27 heavy (non-hydrogen) atoms. The highest BCUT2D eigenvalue weighted by atomic mass is 32.1. The summed E-state index contributed by atoms with van der Waals surface area (Å²) in [6.07, 6.45) is 3.96. The van der Waals surface area contributed by atoms with Gasteiger partial charge in [0.15, 0.2) is 0 Å². The van der Waals surface area contributed by atoms with E-state index in [0.29, 0.717) is 19.6 Å². The third kappa shape index (κ3) is 3.76. The van der Waals surface area contributed by atoms with E-state index in [4.69, 9.17) is 0 Å². The Morgan fingerprint density at radius 2 is 2.04 bits per heavy atom. The first-order valence-electron chi connectivity index (χ1n) is 9.71. The third-order valence-corrected chi connectivity index (χ3v) is 6.27. The molecule has 2 unspecified atom stereocenters. The van der Waals surface area contributed by atoms with Crippen molar-refractivity contribution in [3.8, 4) is 0 Å². The highest BCUT2D eigenvalue weighted by Crippen LogP contribution is 2.31. The van der Waals surface area contributed by atoms with E-state index < -0.39 is 0 Å². The molecule has 0 radical (unpaired) electrons. The van der Waals surface area contributed by atoms with E-state index in [0.717, 1.165) is 36.9 Å². The number of piperidine rings is 1. The first-order chi connectivity index (χ1) is 13.2. The van der Waals surface area contributed by atoms with E-state index in [9.17, 15) is 9.59 Å². The van der Waals surface area contributed by atoms with E-state index in [2.05, 4.69) is 11.9 Å². The Hall–Kier alpha value is -2.21. The lowest BCUT2D eigenvalue weighted by atomic mass is 9.94. The molecule has 0 spiro atoms. The summed E-state index contributed by atoms with van der Waals surface area (Å²) in [6.45, 7) is 3.85. The Kier molecular flexibility index (Phi) is 5.25. The fraction of sp³-hybridized carbons (Fsp3) is 0.476. The van der Waals surface area contributed by atoms with Crippen molar-refractivity contribution in [1.29, 1.82) is 0 Å². The van der Waals surface area contributed by atoms with Crippen LogP contribution in [-0.2, 0) is 17.8 Å². The van der Waals surface area contributed by atoms with Gasteiger partial charge in [-0.15, -0.1) is 11.3 Å². The number of benzene rings is 1. The van der Waals surface area contributed by atoms with Crippen molar-refractivity contribution >= 4 is 23.2 Å². The first-order valence-corrected chi connectivity index (χ1v) is 10.7.